The highest BCUT2D eigenvalue weighted by Gasteiger charge is 2.35. The average molecular weight is 545 g/mol. The number of anilines is 3. The minimum absolute atomic E-state index is 0.190. The van der Waals surface area contributed by atoms with Crippen molar-refractivity contribution in [3.05, 3.63) is 48.3 Å². The van der Waals surface area contributed by atoms with Gasteiger partial charge in [0.1, 0.15) is 16.8 Å². The van der Waals surface area contributed by atoms with Gasteiger partial charge in [0.2, 0.25) is 11.9 Å². The lowest BCUT2D eigenvalue weighted by molar-refractivity contribution is -0.119. The summed E-state index contributed by atoms with van der Waals surface area (Å²) >= 11 is 0. The van der Waals surface area contributed by atoms with Gasteiger partial charge in [-0.2, -0.15) is 8.42 Å². The molecule has 2 aromatic rings. The van der Waals surface area contributed by atoms with E-state index in [2.05, 4.69) is 9.71 Å². The molecule has 202 valence electrons. The van der Waals surface area contributed by atoms with Crippen LogP contribution in [0.5, 0.6) is 0 Å². The second-order valence-corrected chi connectivity index (χ2v) is 10.8. The van der Waals surface area contributed by atoms with E-state index in [-0.39, 0.29) is 23.9 Å². The number of para-hydroxylation sites is 1. The first kappa shape index (κ1) is 25.8. The molecule has 0 aliphatic carbocycles. The first-order valence-corrected chi connectivity index (χ1v) is 13.9. The maximum atomic E-state index is 15.2. The van der Waals surface area contributed by atoms with Crippen LogP contribution in [-0.2, 0) is 19.6 Å². The smallest absolute Gasteiger partial charge is 0.414 e. The van der Waals surface area contributed by atoms with Gasteiger partial charge in [0.15, 0.2) is 0 Å². The molecule has 0 aromatic heterocycles. The molecule has 0 spiro atoms. The summed E-state index contributed by atoms with van der Waals surface area (Å²) in [5.74, 6) is -0.321. The van der Waals surface area contributed by atoms with Gasteiger partial charge in [0, 0.05) is 39.6 Å². The number of nitrogens with zero attached hydrogens (tertiary/aromatic N) is 5. The lowest BCUT2D eigenvalue weighted by atomic mass is 10.2. The van der Waals surface area contributed by atoms with Crippen LogP contribution in [0.3, 0.4) is 0 Å². The molecule has 0 radical (unpaired) electrons. The summed E-state index contributed by atoms with van der Waals surface area (Å²) in [6.45, 7) is 6.09. The van der Waals surface area contributed by atoms with Crippen LogP contribution >= 0.6 is 0 Å². The van der Waals surface area contributed by atoms with Gasteiger partial charge in [0.05, 0.1) is 30.2 Å². The number of hydrogen-bond donors (Lipinski definition) is 1. The normalized spacial score (nSPS) is 20.7. The zero-order valence-electron chi connectivity index (χ0n) is 21.1. The van der Waals surface area contributed by atoms with E-state index in [0.29, 0.717) is 55.7 Å². The van der Waals surface area contributed by atoms with Crippen LogP contribution in [0, 0.1) is 5.82 Å². The van der Waals surface area contributed by atoms with Gasteiger partial charge in [-0.15, -0.1) is 4.40 Å². The van der Waals surface area contributed by atoms with Crippen molar-refractivity contribution in [3.63, 3.8) is 0 Å². The lowest BCUT2D eigenvalue weighted by Gasteiger charge is -2.41. The molecule has 11 nitrogen and oxygen atoms in total. The summed E-state index contributed by atoms with van der Waals surface area (Å²) in [7, 11) is -3.82. The molecular weight excluding hydrogens is 515 g/mol. The second-order valence-electron chi connectivity index (χ2n) is 9.24. The highest BCUT2D eigenvalue weighted by Crippen LogP contribution is 2.33. The first-order chi connectivity index (χ1) is 18.2. The van der Waals surface area contributed by atoms with Crippen molar-refractivity contribution in [3.8, 4) is 0 Å². The SMILES string of the molecule is CCN1C(N2CCN(c3ccc(N4C[C@@H](CNC(C)=O)OC4=O)cc3F)CC2)=NS(=O)(=O)c2ccccc21. The van der Waals surface area contributed by atoms with Crippen molar-refractivity contribution in [2.24, 2.45) is 4.40 Å². The van der Waals surface area contributed by atoms with E-state index in [4.69, 9.17) is 4.74 Å². The molecule has 1 N–H and O–H groups in total. The van der Waals surface area contributed by atoms with Gasteiger partial charge in [0.25, 0.3) is 10.0 Å². The zero-order chi connectivity index (χ0) is 27.0. The Morgan fingerprint density at radius 1 is 1.11 bits per heavy atom. The van der Waals surface area contributed by atoms with Crippen LogP contribution in [-0.4, -0.2) is 83.2 Å². The van der Waals surface area contributed by atoms with Crippen LogP contribution in [0.25, 0.3) is 0 Å². The maximum absolute atomic E-state index is 15.2. The molecule has 3 heterocycles. The molecule has 38 heavy (non-hydrogen) atoms. The number of nitrogens with one attached hydrogen (secondary N) is 1. The van der Waals surface area contributed by atoms with Crippen molar-refractivity contribution < 1.29 is 27.1 Å². The minimum Gasteiger partial charge on any atom is -0.442 e. The van der Waals surface area contributed by atoms with Crippen molar-refractivity contribution in [2.75, 3.05) is 60.5 Å². The molecule has 2 fully saturated rings. The number of ether oxygens (including phenoxy) is 1. The highest BCUT2D eigenvalue weighted by molar-refractivity contribution is 7.90. The molecular formula is C25H29FN6O5S. The maximum Gasteiger partial charge on any atom is 0.414 e. The molecule has 2 saturated heterocycles. The number of cyclic esters (lactones) is 1. The Bertz CT molecular complexity index is 1390. The third-order valence-electron chi connectivity index (χ3n) is 6.79. The molecule has 1 atom stereocenters. The monoisotopic (exact) mass is 544 g/mol. The average Bonchev–Trinajstić information content (AvgIpc) is 3.28. The van der Waals surface area contributed by atoms with Crippen molar-refractivity contribution in [2.45, 2.75) is 24.8 Å². The second kappa shape index (κ2) is 10.1. The number of guanidine groups is 1. The third-order valence-corrected chi connectivity index (χ3v) is 8.10. The van der Waals surface area contributed by atoms with E-state index < -0.39 is 28.0 Å². The molecule has 3 aliphatic rings. The summed E-state index contributed by atoms with van der Waals surface area (Å²) in [6, 6.07) is 11.4. The number of rotatable bonds is 5. The first-order valence-electron chi connectivity index (χ1n) is 12.4. The number of piperazine rings is 1. The Morgan fingerprint density at radius 2 is 1.82 bits per heavy atom. The fourth-order valence-electron chi connectivity index (χ4n) is 4.92. The fourth-order valence-corrected chi connectivity index (χ4v) is 6.14. The molecule has 3 aliphatic heterocycles. The van der Waals surface area contributed by atoms with Gasteiger partial charge in [-0.1, -0.05) is 12.1 Å². The summed E-state index contributed by atoms with van der Waals surface area (Å²) in [5, 5.41) is 2.61. The summed E-state index contributed by atoms with van der Waals surface area (Å²) in [5.41, 5.74) is 1.37. The Morgan fingerprint density at radius 3 is 2.50 bits per heavy atom. The number of halogens is 1. The van der Waals surface area contributed by atoms with Crippen LogP contribution in [0.1, 0.15) is 13.8 Å². The van der Waals surface area contributed by atoms with Crippen molar-refractivity contribution >= 4 is 45.0 Å². The van der Waals surface area contributed by atoms with E-state index in [1.165, 1.54) is 17.9 Å². The van der Waals surface area contributed by atoms with Crippen LogP contribution in [0.4, 0.5) is 26.2 Å². The van der Waals surface area contributed by atoms with Crippen molar-refractivity contribution in [1.29, 1.82) is 0 Å². The third kappa shape index (κ3) is 4.85. The molecule has 13 heteroatoms. The van der Waals surface area contributed by atoms with Gasteiger partial charge in [-0.25, -0.2) is 9.18 Å². The van der Waals surface area contributed by atoms with Crippen LogP contribution in [0.2, 0.25) is 0 Å². The van der Waals surface area contributed by atoms with E-state index in [1.54, 1.807) is 36.4 Å². The number of sulfonamides is 1. The van der Waals surface area contributed by atoms with Gasteiger partial charge >= 0.3 is 6.09 Å². The Hall–Kier alpha value is -3.87. The van der Waals surface area contributed by atoms with Gasteiger partial charge in [-0.05, 0) is 37.3 Å². The predicted octanol–water partition coefficient (Wildman–Crippen LogP) is 1.99. The van der Waals surface area contributed by atoms with E-state index >= 15 is 4.39 Å². The molecule has 2 amide bonds. The molecule has 5 rings (SSSR count). The molecule has 0 unspecified atom stereocenters. The standard InChI is InChI=1S/C25H29FN6O5S/c1-3-31-22-6-4-5-7-23(22)38(35,36)28-24(31)30-12-10-29(11-13-30)21-9-8-18(14-20(21)26)32-16-19(37-25(32)34)15-27-17(2)33/h4-9,14,19H,3,10-13,15-16H2,1-2H3,(H,27,33)/t19-/m1/s1. The van der Waals surface area contributed by atoms with E-state index in [9.17, 15) is 18.0 Å². The molecule has 0 bridgehead atoms. The molecule has 0 saturated carbocycles. The van der Waals surface area contributed by atoms with Crippen LogP contribution < -0.4 is 20.0 Å². The zero-order valence-corrected chi connectivity index (χ0v) is 21.9. The largest absolute Gasteiger partial charge is 0.442 e. The van der Waals surface area contributed by atoms with Crippen LogP contribution in [0.15, 0.2) is 51.8 Å². The summed E-state index contributed by atoms with van der Waals surface area (Å²) in [6.07, 6.45) is -1.10. The Kier molecular flexibility index (Phi) is 6.86. The Balaban J connectivity index is 1.27. The summed E-state index contributed by atoms with van der Waals surface area (Å²) < 4.78 is 50.2. The fraction of sp³-hybridized carbons (Fsp3) is 0.400. The van der Waals surface area contributed by atoms with E-state index in [1.807, 2.05) is 21.6 Å². The number of carbonyl (C=O) groups excluding carboxylic acids is 2. The number of benzene rings is 2. The molecule has 2 aromatic carbocycles. The lowest BCUT2D eigenvalue weighted by Crippen LogP contribution is -2.55. The van der Waals surface area contributed by atoms with Gasteiger partial charge in [-0.3, -0.25) is 9.69 Å². The quantitative estimate of drug-likeness (QED) is 0.608. The Labute approximate surface area is 220 Å². The van der Waals surface area contributed by atoms with Crippen molar-refractivity contribution in [1.82, 2.24) is 10.2 Å². The topological polar surface area (TPSA) is 115 Å². The number of carbonyl (C=O) groups is 2. The number of hydrogen-bond acceptors (Lipinski definition) is 8. The predicted molar refractivity (Wildman–Crippen MR) is 141 cm³/mol. The van der Waals surface area contributed by atoms with E-state index in [0.717, 1.165) is 0 Å². The minimum atomic E-state index is -3.82. The highest BCUT2D eigenvalue weighted by atomic mass is 32.2. The number of fused-ring (bicyclic) bond motifs is 1. The number of amides is 2. The van der Waals surface area contributed by atoms with Gasteiger partial charge < -0.3 is 24.8 Å². The summed E-state index contributed by atoms with van der Waals surface area (Å²) in [4.78, 5) is 30.6.